The number of esters is 1. The molecule has 0 unspecified atom stereocenters. The number of anilines is 2. The van der Waals surface area contributed by atoms with Crippen LogP contribution in [0.1, 0.15) is 32.2 Å². The van der Waals surface area contributed by atoms with E-state index in [0.717, 1.165) is 48.9 Å². The van der Waals surface area contributed by atoms with Gasteiger partial charge in [0.25, 0.3) is 0 Å². The largest absolute Gasteiger partial charge is 0.496 e. The number of hydrogen-bond acceptors (Lipinski definition) is 10. The van der Waals surface area contributed by atoms with Gasteiger partial charge in [-0.3, -0.25) is 9.80 Å². The van der Waals surface area contributed by atoms with Crippen molar-refractivity contribution in [3.05, 3.63) is 116 Å². The van der Waals surface area contributed by atoms with Gasteiger partial charge < -0.3 is 33.2 Å². The van der Waals surface area contributed by atoms with Crippen LogP contribution in [0.5, 0.6) is 11.5 Å². The van der Waals surface area contributed by atoms with Crippen molar-refractivity contribution >= 4 is 91.7 Å². The molecule has 15 heteroatoms. The van der Waals surface area contributed by atoms with Crippen molar-refractivity contribution in [1.29, 1.82) is 0 Å². The fraction of sp³-hybridized carbons (Fsp3) is 0.268. The van der Waals surface area contributed by atoms with Crippen molar-refractivity contribution in [2.24, 2.45) is 0 Å². The summed E-state index contributed by atoms with van der Waals surface area (Å²) in [6, 6.07) is 21.3. The van der Waals surface area contributed by atoms with Crippen LogP contribution in [0.15, 0.2) is 81.6 Å². The van der Waals surface area contributed by atoms with E-state index in [0.29, 0.717) is 92.6 Å². The van der Waals surface area contributed by atoms with Gasteiger partial charge in [-0.1, -0.05) is 58.5 Å². The predicted octanol–water partition coefficient (Wildman–Crippen LogP) is 9.36. The zero-order chi connectivity index (χ0) is 39.1. The zero-order valence-corrected chi connectivity index (χ0v) is 33.2. The molecular formula is C41H36Cl4N4O7. The van der Waals surface area contributed by atoms with Crippen LogP contribution in [-0.4, -0.2) is 86.3 Å². The molecule has 0 spiro atoms. The number of piperazine rings is 2. The number of benzene rings is 4. The molecule has 1 N–H and O–H groups in total. The van der Waals surface area contributed by atoms with E-state index >= 15 is 0 Å². The minimum absolute atomic E-state index is 0.0269. The predicted molar refractivity (Wildman–Crippen MR) is 219 cm³/mol. The number of nitrogens with zero attached hydrogens (tertiary/aromatic N) is 4. The van der Waals surface area contributed by atoms with Crippen molar-refractivity contribution in [3.63, 3.8) is 0 Å². The van der Waals surface area contributed by atoms with Gasteiger partial charge in [0, 0.05) is 110 Å². The van der Waals surface area contributed by atoms with E-state index in [1.54, 1.807) is 37.4 Å². The van der Waals surface area contributed by atoms with Crippen LogP contribution in [0.3, 0.4) is 0 Å². The van der Waals surface area contributed by atoms with Gasteiger partial charge in [-0.15, -0.1) is 0 Å². The maximum atomic E-state index is 13.5. The first-order valence-electron chi connectivity index (χ1n) is 18.0. The van der Waals surface area contributed by atoms with Crippen LogP contribution in [0.2, 0.25) is 20.1 Å². The number of methoxy groups -OCH3 is 1. The summed E-state index contributed by atoms with van der Waals surface area (Å²) in [4.78, 5) is 33.9. The molecule has 0 amide bonds. The molecule has 2 aromatic heterocycles. The summed E-state index contributed by atoms with van der Waals surface area (Å²) < 4.78 is 22.8. The monoisotopic (exact) mass is 836 g/mol. The number of rotatable bonds is 10. The fourth-order valence-corrected chi connectivity index (χ4v) is 8.50. The summed E-state index contributed by atoms with van der Waals surface area (Å²) in [6.07, 6.45) is 0. The van der Waals surface area contributed by atoms with Gasteiger partial charge in [-0.25, -0.2) is 9.59 Å². The first-order valence-corrected chi connectivity index (χ1v) is 19.5. The average Bonchev–Trinajstić information content (AvgIpc) is 3.85. The first-order chi connectivity index (χ1) is 27.1. The van der Waals surface area contributed by atoms with Gasteiger partial charge in [-0.05, 0) is 48.5 Å². The zero-order valence-electron chi connectivity index (χ0n) is 30.2. The van der Waals surface area contributed by atoms with E-state index in [2.05, 4.69) is 19.6 Å². The Morgan fingerprint density at radius 3 is 1.61 bits per heavy atom. The number of carboxylic acid groups (broad SMARTS) is 1. The summed E-state index contributed by atoms with van der Waals surface area (Å²) in [7, 11) is 1.65. The minimum Gasteiger partial charge on any atom is -0.496 e. The maximum Gasteiger partial charge on any atom is 0.379 e. The molecule has 6 aromatic rings. The van der Waals surface area contributed by atoms with Crippen LogP contribution in [0, 0.1) is 0 Å². The Labute approximate surface area is 342 Å². The molecule has 0 bridgehead atoms. The van der Waals surface area contributed by atoms with Crippen LogP contribution < -0.4 is 19.3 Å². The molecule has 4 heterocycles. The van der Waals surface area contributed by atoms with Crippen molar-refractivity contribution in [1.82, 2.24) is 9.80 Å². The van der Waals surface area contributed by atoms with E-state index in [1.807, 2.05) is 36.4 Å². The molecule has 56 heavy (non-hydrogen) atoms. The maximum absolute atomic E-state index is 13.5. The molecule has 8 rings (SSSR count). The van der Waals surface area contributed by atoms with Gasteiger partial charge in [0.15, 0.2) is 0 Å². The number of halogens is 4. The molecule has 4 aromatic carbocycles. The van der Waals surface area contributed by atoms with Crippen molar-refractivity contribution in [2.75, 3.05) is 69.3 Å². The topological polar surface area (TPSA) is 112 Å². The first kappa shape index (κ1) is 38.3. The molecule has 2 aliphatic rings. The smallest absolute Gasteiger partial charge is 0.379 e. The summed E-state index contributed by atoms with van der Waals surface area (Å²) in [5.41, 5.74) is 4.22. The number of hydrogen-bond donors (Lipinski definition) is 1. The van der Waals surface area contributed by atoms with Gasteiger partial charge >= 0.3 is 11.9 Å². The lowest BCUT2D eigenvalue weighted by molar-refractivity contribution is 0.0662. The molecule has 2 aliphatic heterocycles. The number of aromatic carboxylic acids is 1. The fourth-order valence-electron chi connectivity index (χ4n) is 7.39. The van der Waals surface area contributed by atoms with Gasteiger partial charge in [0.1, 0.15) is 22.7 Å². The Morgan fingerprint density at radius 1 is 0.643 bits per heavy atom. The van der Waals surface area contributed by atoms with Gasteiger partial charge in [0.2, 0.25) is 11.5 Å². The number of carboxylic acids is 1. The second-order valence-corrected chi connectivity index (χ2v) is 15.3. The summed E-state index contributed by atoms with van der Waals surface area (Å²) in [5.74, 6) is -0.829. The van der Waals surface area contributed by atoms with E-state index in [1.165, 1.54) is 6.07 Å². The molecule has 2 saturated heterocycles. The van der Waals surface area contributed by atoms with E-state index in [9.17, 15) is 14.7 Å². The number of furan rings is 2. The van der Waals surface area contributed by atoms with Gasteiger partial charge in [0.05, 0.1) is 28.5 Å². The Hall–Kier alpha value is -4.62. The quantitative estimate of drug-likeness (QED) is 0.105. The third-order valence-corrected chi connectivity index (χ3v) is 11.9. The minimum atomic E-state index is -1.15. The van der Waals surface area contributed by atoms with Crippen LogP contribution >= 0.6 is 46.4 Å². The van der Waals surface area contributed by atoms with Crippen LogP contribution in [0.4, 0.5) is 11.4 Å². The lowest BCUT2D eigenvalue weighted by Gasteiger charge is -2.36. The van der Waals surface area contributed by atoms with Crippen molar-refractivity contribution < 1.29 is 33.0 Å². The highest BCUT2D eigenvalue weighted by Crippen LogP contribution is 2.39. The molecule has 0 aliphatic carbocycles. The third-order valence-electron chi connectivity index (χ3n) is 10.4. The number of carbonyl (C=O) groups excluding carboxylic acids is 1. The van der Waals surface area contributed by atoms with E-state index in [-0.39, 0.29) is 11.5 Å². The standard InChI is InChI=1S/C41H36Cl4N4O7/c1-53-32-6-2-4-28(42)26(32)22-46-12-16-49(17-13-46)31-9-11-35-25(39(31)45)21-37(55-35)41(52)56-33-7-3-5-29(43)27(33)23-47-14-18-48(19-15-47)30-8-10-34-24(38(30)44)20-36(54-34)40(50)51/h2-11,20-21H,12-19,22-23H2,1H3,(H,50,51). The van der Waals surface area contributed by atoms with E-state index in [4.69, 9.17) is 64.7 Å². The molecule has 0 atom stereocenters. The number of fused-ring (bicyclic) bond motifs is 2. The Bertz CT molecular complexity index is 2450. The lowest BCUT2D eigenvalue weighted by atomic mass is 10.1. The lowest BCUT2D eigenvalue weighted by Crippen LogP contribution is -2.46. The Kier molecular flexibility index (Phi) is 11.0. The molecule has 290 valence electrons. The highest BCUT2D eigenvalue weighted by Gasteiger charge is 2.27. The van der Waals surface area contributed by atoms with Crippen LogP contribution in [-0.2, 0) is 13.1 Å². The van der Waals surface area contributed by atoms with E-state index < -0.39 is 11.9 Å². The Morgan fingerprint density at radius 2 is 1.11 bits per heavy atom. The Balaban J connectivity index is 0.912. The molecule has 11 nitrogen and oxygen atoms in total. The highest BCUT2D eigenvalue weighted by atomic mass is 35.5. The summed E-state index contributed by atoms with van der Waals surface area (Å²) in [5, 5.41) is 12.6. The van der Waals surface area contributed by atoms with Gasteiger partial charge in [-0.2, -0.15) is 0 Å². The molecular weight excluding hydrogens is 802 g/mol. The molecule has 0 saturated carbocycles. The normalized spacial score (nSPS) is 15.5. The number of carbonyl (C=O) groups is 2. The second kappa shape index (κ2) is 16.1. The summed E-state index contributed by atoms with van der Waals surface area (Å²) >= 11 is 26.9. The second-order valence-electron chi connectivity index (χ2n) is 13.7. The highest BCUT2D eigenvalue weighted by molar-refractivity contribution is 6.39. The molecule has 0 radical (unpaired) electrons. The third kappa shape index (κ3) is 7.59. The van der Waals surface area contributed by atoms with Crippen molar-refractivity contribution in [2.45, 2.75) is 13.1 Å². The number of ether oxygens (including phenoxy) is 2. The SMILES string of the molecule is COc1cccc(Cl)c1CN1CCN(c2ccc3oc(C(=O)Oc4cccc(Cl)c4CN4CCN(c5ccc6oc(C(=O)O)cc6c5Cl)CC4)cc3c2Cl)CC1. The van der Waals surface area contributed by atoms with Crippen LogP contribution in [0.25, 0.3) is 21.9 Å². The summed E-state index contributed by atoms with van der Waals surface area (Å²) in [6.45, 7) is 6.90. The average molecular weight is 839 g/mol. The molecule has 2 fully saturated rings. The van der Waals surface area contributed by atoms with Crippen molar-refractivity contribution in [3.8, 4) is 11.5 Å².